The second-order valence-corrected chi connectivity index (χ2v) is 6.47. The number of hydrogen-bond acceptors (Lipinski definition) is 4. The Morgan fingerprint density at radius 1 is 1.17 bits per heavy atom. The van der Waals surface area contributed by atoms with Crippen molar-refractivity contribution in [2.24, 2.45) is 5.73 Å². The second-order valence-electron chi connectivity index (χ2n) is 6.03. The highest BCUT2D eigenvalue weighted by Gasteiger charge is 2.28. The molecular weight excluding hydrogens is 326 g/mol. The van der Waals surface area contributed by atoms with E-state index in [4.69, 9.17) is 17.3 Å². The lowest BCUT2D eigenvalue weighted by molar-refractivity contribution is -0.124. The van der Waals surface area contributed by atoms with E-state index in [1.165, 1.54) is 0 Å². The van der Waals surface area contributed by atoms with Gasteiger partial charge in [0.05, 0.1) is 6.33 Å². The number of rotatable bonds is 6. The number of piperazine rings is 1. The molecule has 1 aromatic heterocycles. The van der Waals surface area contributed by atoms with Gasteiger partial charge in [0.25, 0.3) is 0 Å². The van der Waals surface area contributed by atoms with E-state index in [1.54, 1.807) is 18.3 Å². The second kappa shape index (κ2) is 7.79. The molecule has 1 aromatic carbocycles. The molecule has 1 atom stereocenters. The van der Waals surface area contributed by atoms with Gasteiger partial charge in [0.2, 0.25) is 5.91 Å². The van der Waals surface area contributed by atoms with Gasteiger partial charge in [-0.25, -0.2) is 4.98 Å². The molecule has 1 aliphatic heterocycles. The van der Waals surface area contributed by atoms with Gasteiger partial charge in [0.1, 0.15) is 6.04 Å². The molecule has 2 heterocycles. The van der Waals surface area contributed by atoms with Crippen molar-refractivity contribution in [2.75, 3.05) is 32.7 Å². The molecule has 0 aliphatic carbocycles. The minimum atomic E-state index is -0.391. The summed E-state index contributed by atoms with van der Waals surface area (Å²) in [6, 6.07) is 6.97. The number of nitrogens with two attached hydrogens (primary N) is 1. The monoisotopic (exact) mass is 347 g/mol. The van der Waals surface area contributed by atoms with Crippen LogP contribution in [0.4, 0.5) is 0 Å². The molecule has 0 spiro atoms. The summed E-state index contributed by atoms with van der Waals surface area (Å²) >= 11 is 5.94. The number of nitrogens with zero attached hydrogens (tertiary/aromatic N) is 4. The van der Waals surface area contributed by atoms with Gasteiger partial charge >= 0.3 is 0 Å². The van der Waals surface area contributed by atoms with Gasteiger partial charge in [-0.15, -0.1) is 0 Å². The molecule has 1 saturated heterocycles. The zero-order valence-corrected chi connectivity index (χ0v) is 14.3. The highest BCUT2D eigenvalue weighted by Crippen LogP contribution is 2.23. The SMILES string of the molecule is NC(=O)C(c1ccc(Cl)cc1)N1CCN(CCn2ccnc2)CC1. The minimum Gasteiger partial charge on any atom is -0.368 e. The van der Waals surface area contributed by atoms with Crippen LogP contribution in [-0.4, -0.2) is 58.0 Å². The summed E-state index contributed by atoms with van der Waals surface area (Å²) in [6.07, 6.45) is 5.60. The van der Waals surface area contributed by atoms with Crippen molar-refractivity contribution in [3.8, 4) is 0 Å². The topological polar surface area (TPSA) is 67.4 Å². The third kappa shape index (κ3) is 4.14. The van der Waals surface area contributed by atoms with Gasteiger partial charge in [-0.3, -0.25) is 14.6 Å². The number of hydrogen-bond donors (Lipinski definition) is 1. The van der Waals surface area contributed by atoms with Crippen molar-refractivity contribution in [3.63, 3.8) is 0 Å². The average molecular weight is 348 g/mol. The van der Waals surface area contributed by atoms with Crippen LogP contribution in [0, 0.1) is 0 Å². The van der Waals surface area contributed by atoms with Crippen molar-refractivity contribution in [1.82, 2.24) is 19.4 Å². The Kier molecular flexibility index (Phi) is 5.50. The summed E-state index contributed by atoms with van der Waals surface area (Å²) in [5.41, 5.74) is 6.56. The first-order chi connectivity index (χ1) is 11.6. The Morgan fingerprint density at radius 3 is 2.46 bits per heavy atom. The number of amides is 1. The normalized spacial score (nSPS) is 17.7. The van der Waals surface area contributed by atoms with E-state index < -0.39 is 6.04 Å². The fraction of sp³-hybridized carbons (Fsp3) is 0.412. The zero-order valence-electron chi connectivity index (χ0n) is 13.5. The number of carbonyl (C=O) groups excluding carboxylic acids is 1. The summed E-state index contributed by atoms with van der Waals surface area (Å²) in [7, 11) is 0. The molecule has 6 nitrogen and oxygen atoms in total. The molecular formula is C17H22ClN5O. The van der Waals surface area contributed by atoms with Gasteiger partial charge in [-0.05, 0) is 17.7 Å². The molecule has 2 aromatic rings. The van der Waals surface area contributed by atoms with E-state index >= 15 is 0 Å². The predicted molar refractivity (Wildman–Crippen MR) is 93.6 cm³/mol. The quantitative estimate of drug-likeness (QED) is 0.857. The van der Waals surface area contributed by atoms with E-state index in [0.717, 1.165) is 44.8 Å². The van der Waals surface area contributed by atoms with E-state index in [2.05, 4.69) is 19.4 Å². The summed E-state index contributed by atoms with van der Waals surface area (Å²) in [6.45, 7) is 5.39. The Hall–Kier alpha value is -1.89. The summed E-state index contributed by atoms with van der Waals surface area (Å²) in [5.74, 6) is -0.316. The van der Waals surface area contributed by atoms with E-state index in [9.17, 15) is 4.79 Å². The Labute approximate surface area is 146 Å². The molecule has 7 heteroatoms. The highest BCUT2D eigenvalue weighted by atomic mass is 35.5. The van der Waals surface area contributed by atoms with Crippen molar-refractivity contribution in [2.45, 2.75) is 12.6 Å². The maximum absolute atomic E-state index is 12.0. The van der Waals surface area contributed by atoms with Crippen LogP contribution in [0.2, 0.25) is 5.02 Å². The molecule has 1 aliphatic rings. The van der Waals surface area contributed by atoms with Crippen LogP contribution >= 0.6 is 11.6 Å². The van der Waals surface area contributed by atoms with Crippen molar-refractivity contribution in [3.05, 3.63) is 53.6 Å². The summed E-state index contributed by atoms with van der Waals surface area (Å²) in [4.78, 5) is 20.6. The molecule has 0 saturated carbocycles. The summed E-state index contributed by atoms with van der Waals surface area (Å²) in [5, 5.41) is 0.659. The Bertz CT molecular complexity index is 650. The maximum Gasteiger partial charge on any atom is 0.239 e. The fourth-order valence-electron chi connectivity index (χ4n) is 3.12. The molecule has 2 N–H and O–H groups in total. The van der Waals surface area contributed by atoms with Crippen LogP contribution in [0.1, 0.15) is 11.6 Å². The van der Waals surface area contributed by atoms with E-state index in [1.807, 2.05) is 24.7 Å². The molecule has 1 fully saturated rings. The third-order valence-electron chi connectivity index (χ3n) is 4.46. The highest BCUT2D eigenvalue weighted by molar-refractivity contribution is 6.30. The first-order valence-corrected chi connectivity index (χ1v) is 8.48. The average Bonchev–Trinajstić information content (AvgIpc) is 3.09. The van der Waals surface area contributed by atoms with Crippen LogP contribution in [0.3, 0.4) is 0 Å². The van der Waals surface area contributed by atoms with Gasteiger partial charge in [0, 0.05) is 56.7 Å². The van der Waals surface area contributed by atoms with Crippen molar-refractivity contribution in [1.29, 1.82) is 0 Å². The number of halogens is 1. The molecule has 24 heavy (non-hydrogen) atoms. The van der Waals surface area contributed by atoms with E-state index in [0.29, 0.717) is 5.02 Å². The van der Waals surface area contributed by atoms with Crippen LogP contribution in [0.25, 0.3) is 0 Å². The molecule has 1 amide bonds. The lowest BCUT2D eigenvalue weighted by atomic mass is 10.0. The molecule has 3 rings (SSSR count). The summed E-state index contributed by atoms with van der Waals surface area (Å²) < 4.78 is 2.08. The largest absolute Gasteiger partial charge is 0.368 e. The smallest absolute Gasteiger partial charge is 0.239 e. The fourth-order valence-corrected chi connectivity index (χ4v) is 3.25. The number of carbonyl (C=O) groups is 1. The van der Waals surface area contributed by atoms with E-state index in [-0.39, 0.29) is 5.91 Å². The maximum atomic E-state index is 12.0. The lowest BCUT2D eigenvalue weighted by Crippen LogP contribution is -2.50. The number of imidazole rings is 1. The van der Waals surface area contributed by atoms with Crippen molar-refractivity contribution < 1.29 is 4.79 Å². The van der Waals surface area contributed by atoms with Gasteiger partial charge in [-0.1, -0.05) is 23.7 Å². The lowest BCUT2D eigenvalue weighted by Gasteiger charge is -2.38. The number of primary amides is 1. The van der Waals surface area contributed by atoms with Crippen LogP contribution in [0.15, 0.2) is 43.0 Å². The van der Waals surface area contributed by atoms with Crippen LogP contribution in [0.5, 0.6) is 0 Å². The Balaban J connectivity index is 1.57. The first-order valence-electron chi connectivity index (χ1n) is 8.10. The number of aromatic nitrogens is 2. The van der Waals surface area contributed by atoms with Crippen LogP contribution in [-0.2, 0) is 11.3 Å². The standard InChI is InChI=1S/C17H22ClN5O/c18-15-3-1-14(2-4-15)16(17(19)24)23-11-9-21(10-12-23)7-8-22-6-5-20-13-22/h1-6,13,16H,7-12H2,(H2,19,24). The van der Waals surface area contributed by atoms with Crippen molar-refractivity contribution >= 4 is 17.5 Å². The third-order valence-corrected chi connectivity index (χ3v) is 4.71. The van der Waals surface area contributed by atoms with Gasteiger partial charge < -0.3 is 10.3 Å². The van der Waals surface area contributed by atoms with Gasteiger partial charge in [0.15, 0.2) is 0 Å². The molecule has 1 unspecified atom stereocenters. The first kappa shape index (κ1) is 17.0. The molecule has 128 valence electrons. The Morgan fingerprint density at radius 2 is 1.88 bits per heavy atom. The number of benzene rings is 1. The predicted octanol–water partition coefficient (Wildman–Crippen LogP) is 1.38. The zero-order chi connectivity index (χ0) is 16.9. The minimum absolute atomic E-state index is 0.316. The molecule has 0 radical (unpaired) electrons. The van der Waals surface area contributed by atoms with Gasteiger partial charge in [-0.2, -0.15) is 0 Å². The molecule has 0 bridgehead atoms. The van der Waals surface area contributed by atoms with Crippen LogP contribution < -0.4 is 5.73 Å².